The quantitative estimate of drug-likeness (QED) is 0.840. The van der Waals surface area contributed by atoms with Crippen LogP contribution in [0.2, 0.25) is 0 Å². The van der Waals surface area contributed by atoms with Gasteiger partial charge in [-0.05, 0) is 38.3 Å². The van der Waals surface area contributed by atoms with Crippen molar-refractivity contribution in [2.45, 2.75) is 44.9 Å². The molecule has 1 aliphatic rings. The van der Waals surface area contributed by atoms with E-state index in [1.807, 2.05) is 6.92 Å². The van der Waals surface area contributed by atoms with Gasteiger partial charge in [0.2, 0.25) is 0 Å². The van der Waals surface area contributed by atoms with E-state index in [2.05, 4.69) is 35.2 Å². The fourth-order valence-corrected chi connectivity index (χ4v) is 2.58. The van der Waals surface area contributed by atoms with Crippen molar-refractivity contribution in [2.75, 3.05) is 6.54 Å². The molecule has 1 N–H and O–H groups in total. The van der Waals surface area contributed by atoms with Crippen molar-refractivity contribution >= 4 is 0 Å². The lowest BCUT2D eigenvalue weighted by molar-refractivity contribution is 0.131. The van der Waals surface area contributed by atoms with Gasteiger partial charge >= 0.3 is 0 Å². The average molecular weight is 219 g/mol. The molecule has 2 heteroatoms. The van der Waals surface area contributed by atoms with Crippen LogP contribution in [-0.4, -0.2) is 28.7 Å². The van der Waals surface area contributed by atoms with E-state index in [0.29, 0.717) is 6.04 Å². The Hall–Kier alpha value is -0.860. The molecule has 0 aromatic heterocycles. The molecule has 1 aliphatic heterocycles. The summed E-state index contributed by atoms with van der Waals surface area (Å²) in [5.74, 6) is 0. The molecular weight excluding hydrogens is 198 g/mol. The molecule has 1 heterocycles. The summed E-state index contributed by atoms with van der Waals surface area (Å²) in [6, 6.07) is 11.2. The molecule has 0 spiro atoms. The lowest BCUT2D eigenvalue weighted by Gasteiger charge is -2.25. The SMILES string of the molecule is C[C@H](O)CC1CCCN1Cc1ccccc1. The number of hydrogen-bond acceptors (Lipinski definition) is 2. The van der Waals surface area contributed by atoms with Crippen LogP contribution in [-0.2, 0) is 6.54 Å². The molecule has 1 saturated heterocycles. The Balaban J connectivity index is 1.93. The van der Waals surface area contributed by atoms with Crippen molar-refractivity contribution in [3.8, 4) is 0 Å². The van der Waals surface area contributed by atoms with Crippen molar-refractivity contribution in [1.29, 1.82) is 0 Å². The molecule has 0 amide bonds. The molecule has 1 fully saturated rings. The predicted molar refractivity (Wildman–Crippen MR) is 66.2 cm³/mol. The molecule has 16 heavy (non-hydrogen) atoms. The number of hydrogen-bond donors (Lipinski definition) is 1. The van der Waals surface area contributed by atoms with Crippen LogP contribution in [0.25, 0.3) is 0 Å². The van der Waals surface area contributed by atoms with E-state index in [-0.39, 0.29) is 6.10 Å². The lowest BCUT2D eigenvalue weighted by Crippen LogP contribution is -2.31. The number of rotatable bonds is 4. The van der Waals surface area contributed by atoms with Gasteiger partial charge in [0.15, 0.2) is 0 Å². The van der Waals surface area contributed by atoms with E-state index < -0.39 is 0 Å². The Labute approximate surface area is 97.9 Å². The van der Waals surface area contributed by atoms with Crippen molar-refractivity contribution in [3.05, 3.63) is 35.9 Å². The molecule has 0 saturated carbocycles. The maximum absolute atomic E-state index is 9.47. The van der Waals surface area contributed by atoms with Crippen LogP contribution >= 0.6 is 0 Å². The Morgan fingerprint density at radius 2 is 2.12 bits per heavy atom. The van der Waals surface area contributed by atoms with Crippen molar-refractivity contribution in [1.82, 2.24) is 4.90 Å². The second kappa shape index (κ2) is 5.46. The second-order valence-corrected chi connectivity index (χ2v) is 4.84. The highest BCUT2D eigenvalue weighted by Gasteiger charge is 2.25. The predicted octanol–water partition coefficient (Wildman–Crippen LogP) is 2.42. The summed E-state index contributed by atoms with van der Waals surface area (Å²) in [7, 11) is 0. The Morgan fingerprint density at radius 3 is 2.81 bits per heavy atom. The first-order valence-electron chi connectivity index (χ1n) is 6.22. The minimum atomic E-state index is -0.179. The third-order valence-electron chi connectivity index (χ3n) is 3.34. The first-order valence-corrected chi connectivity index (χ1v) is 6.22. The zero-order chi connectivity index (χ0) is 11.4. The Morgan fingerprint density at radius 1 is 1.38 bits per heavy atom. The number of aliphatic hydroxyl groups excluding tert-OH is 1. The molecule has 0 radical (unpaired) electrons. The van der Waals surface area contributed by atoms with Crippen LogP contribution < -0.4 is 0 Å². The van der Waals surface area contributed by atoms with Crippen molar-refractivity contribution in [3.63, 3.8) is 0 Å². The molecule has 1 aromatic carbocycles. The topological polar surface area (TPSA) is 23.5 Å². The molecule has 2 nitrogen and oxygen atoms in total. The van der Waals surface area contributed by atoms with Gasteiger partial charge in [-0.3, -0.25) is 4.90 Å². The second-order valence-electron chi connectivity index (χ2n) is 4.84. The van der Waals surface area contributed by atoms with E-state index in [1.54, 1.807) is 0 Å². The van der Waals surface area contributed by atoms with Crippen LogP contribution in [0.1, 0.15) is 31.7 Å². The average Bonchev–Trinajstić information content (AvgIpc) is 2.66. The fraction of sp³-hybridized carbons (Fsp3) is 0.571. The first-order chi connectivity index (χ1) is 7.75. The van der Waals surface area contributed by atoms with Crippen molar-refractivity contribution in [2.24, 2.45) is 0 Å². The highest BCUT2D eigenvalue weighted by molar-refractivity contribution is 5.14. The van der Waals surface area contributed by atoms with E-state index >= 15 is 0 Å². The number of likely N-dealkylation sites (tertiary alicyclic amines) is 1. The number of nitrogens with zero attached hydrogens (tertiary/aromatic N) is 1. The van der Waals surface area contributed by atoms with Gasteiger partial charge in [-0.25, -0.2) is 0 Å². The molecule has 88 valence electrons. The summed E-state index contributed by atoms with van der Waals surface area (Å²) in [6.45, 7) is 4.09. The van der Waals surface area contributed by atoms with E-state index in [1.165, 1.54) is 24.9 Å². The number of aliphatic hydroxyl groups is 1. The molecule has 1 aromatic rings. The van der Waals surface area contributed by atoms with Gasteiger partial charge in [-0.1, -0.05) is 30.3 Å². The molecule has 0 aliphatic carbocycles. The lowest BCUT2D eigenvalue weighted by atomic mass is 10.1. The fourth-order valence-electron chi connectivity index (χ4n) is 2.58. The maximum Gasteiger partial charge on any atom is 0.0527 e. The summed E-state index contributed by atoms with van der Waals surface area (Å²) in [4.78, 5) is 2.50. The zero-order valence-corrected chi connectivity index (χ0v) is 9.97. The Bertz CT molecular complexity index is 310. The first kappa shape index (κ1) is 11.6. The highest BCUT2D eigenvalue weighted by Crippen LogP contribution is 2.23. The molecular formula is C14H21NO. The Kier molecular flexibility index (Phi) is 3.97. The minimum Gasteiger partial charge on any atom is -0.393 e. The van der Waals surface area contributed by atoms with Gasteiger partial charge in [0.05, 0.1) is 6.10 Å². The summed E-state index contributed by atoms with van der Waals surface area (Å²) in [5.41, 5.74) is 1.37. The monoisotopic (exact) mass is 219 g/mol. The highest BCUT2D eigenvalue weighted by atomic mass is 16.3. The maximum atomic E-state index is 9.47. The summed E-state index contributed by atoms with van der Waals surface area (Å²) >= 11 is 0. The van der Waals surface area contributed by atoms with Crippen molar-refractivity contribution < 1.29 is 5.11 Å². The third-order valence-corrected chi connectivity index (χ3v) is 3.34. The minimum absolute atomic E-state index is 0.179. The molecule has 2 atom stereocenters. The van der Waals surface area contributed by atoms with Gasteiger partial charge in [0, 0.05) is 12.6 Å². The van der Waals surface area contributed by atoms with Gasteiger partial charge < -0.3 is 5.11 Å². The smallest absolute Gasteiger partial charge is 0.0527 e. The van der Waals surface area contributed by atoms with Crippen LogP contribution in [0.15, 0.2) is 30.3 Å². The van der Waals surface area contributed by atoms with Crippen LogP contribution in [0.5, 0.6) is 0 Å². The van der Waals surface area contributed by atoms with Gasteiger partial charge in [-0.15, -0.1) is 0 Å². The van der Waals surface area contributed by atoms with Crippen LogP contribution in [0.4, 0.5) is 0 Å². The van der Waals surface area contributed by atoms with Gasteiger partial charge in [0.25, 0.3) is 0 Å². The number of benzene rings is 1. The molecule has 1 unspecified atom stereocenters. The van der Waals surface area contributed by atoms with Gasteiger partial charge in [0.1, 0.15) is 0 Å². The summed E-state index contributed by atoms with van der Waals surface area (Å²) < 4.78 is 0. The van der Waals surface area contributed by atoms with E-state index in [9.17, 15) is 5.11 Å². The normalized spacial score (nSPS) is 23.5. The third kappa shape index (κ3) is 3.06. The molecule has 0 bridgehead atoms. The summed E-state index contributed by atoms with van der Waals surface area (Å²) in [6.07, 6.45) is 3.23. The zero-order valence-electron chi connectivity index (χ0n) is 9.97. The van der Waals surface area contributed by atoms with E-state index in [4.69, 9.17) is 0 Å². The van der Waals surface area contributed by atoms with Gasteiger partial charge in [-0.2, -0.15) is 0 Å². The largest absolute Gasteiger partial charge is 0.393 e. The van der Waals surface area contributed by atoms with Crippen LogP contribution in [0.3, 0.4) is 0 Å². The van der Waals surface area contributed by atoms with E-state index in [0.717, 1.165) is 13.0 Å². The standard InChI is InChI=1S/C14H21NO/c1-12(16)10-14-8-5-9-15(14)11-13-6-3-2-4-7-13/h2-4,6-7,12,14,16H,5,8-11H2,1H3/t12-,14?/m0/s1. The van der Waals surface area contributed by atoms with Crippen LogP contribution in [0, 0.1) is 0 Å². The summed E-state index contributed by atoms with van der Waals surface area (Å²) in [5, 5.41) is 9.47. The molecule has 2 rings (SSSR count).